The third-order valence-corrected chi connectivity index (χ3v) is 5.21. The van der Waals surface area contributed by atoms with Crippen LogP contribution in [0.15, 0.2) is 61.2 Å². The van der Waals surface area contributed by atoms with Crippen molar-refractivity contribution in [2.45, 2.75) is 11.9 Å². The average molecular weight is 319 g/mol. The van der Waals surface area contributed by atoms with E-state index in [0.717, 1.165) is 0 Å². The van der Waals surface area contributed by atoms with E-state index in [1.807, 2.05) is 0 Å². The Balaban J connectivity index is 2.22. The first-order chi connectivity index (χ1) is 10.5. The highest BCUT2D eigenvalue weighted by molar-refractivity contribution is 7.93. The maximum Gasteiger partial charge on any atom is 0.278 e. The van der Waals surface area contributed by atoms with Crippen LogP contribution in [0.3, 0.4) is 0 Å². The molecule has 22 heavy (non-hydrogen) atoms. The number of nitrogens with zero attached hydrogens (tertiary/aromatic N) is 1. The van der Waals surface area contributed by atoms with Crippen molar-refractivity contribution in [1.82, 2.24) is 0 Å². The van der Waals surface area contributed by atoms with Crippen LogP contribution < -0.4 is 9.04 Å². The van der Waals surface area contributed by atoms with E-state index in [1.54, 1.807) is 30.3 Å². The van der Waals surface area contributed by atoms with Gasteiger partial charge in [0.15, 0.2) is 0 Å². The Kier molecular flexibility index (Phi) is 3.62. The van der Waals surface area contributed by atoms with Crippen LogP contribution in [0.4, 0.5) is 15.8 Å². The molecule has 6 heteroatoms. The molecule has 0 amide bonds. The smallest absolute Gasteiger partial charge is 0.278 e. The largest absolute Gasteiger partial charge is 0.470 e. The molecule has 0 bridgehead atoms. The minimum atomic E-state index is -3.79. The van der Waals surface area contributed by atoms with Crippen molar-refractivity contribution in [3.8, 4) is 5.75 Å². The van der Waals surface area contributed by atoms with Crippen molar-refractivity contribution in [3.63, 3.8) is 0 Å². The van der Waals surface area contributed by atoms with Gasteiger partial charge in [0.1, 0.15) is 11.6 Å². The summed E-state index contributed by atoms with van der Waals surface area (Å²) in [5, 5.41) is 0. The number of rotatable bonds is 3. The van der Waals surface area contributed by atoms with Crippen LogP contribution in [0.2, 0.25) is 0 Å². The van der Waals surface area contributed by atoms with E-state index >= 15 is 0 Å². The molecule has 2 aromatic carbocycles. The average Bonchev–Trinajstić information content (AvgIpc) is 2.49. The summed E-state index contributed by atoms with van der Waals surface area (Å²) in [6.45, 7) is 3.55. The Morgan fingerprint density at radius 1 is 1.23 bits per heavy atom. The van der Waals surface area contributed by atoms with E-state index < -0.39 is 21.3 Å². The van der Waals surface area contributed by atoms with Crippen LogP contribution >= 0.6 is 0 Å². The zero-order chi connectivity index (χ0) is 15.7. The lowest BCUT2D eigenvalue weighted by atomic mass is 10.2. The van der Waals surface area contributed by atoms with Gasteiger partial charge >= 0.3 is 0 Å². The normalized spacial score (nSPS) is 19.1. The molecule has 4 nitrogen and oxygen atoms in total. The first kappa shape index (κ1) is 14.6. The van der Waals surface area contributed by atoms with Crippen LogP contribution in [0, 0.1) is 5.82 Å². The lowest BCUT2D eigenvalue weighted by molar-refractivity contribution is 0.270. The number of sulfonamides is 1. The molecular weight excluding hydrogens is 305 g/mol. The van der Waals surface area contributed by atoms with Crippen LogP contribution in [0.1, 0.15) is 6.42 Å². The molecule has 0 aromatic heterocycles. The van der Waals surface area contributed by atoms with Gasteiger partial charge in [-0.1, -0.05) is 24.3 Å². The van der Waals surface area contributed by atoms with E-state index in [2.05, 4.69) is 6.58 Å². The number of halogens is 1. The van der Waals surface area contributed by atoms with E-state index in [9.17, 15) is 12.8 Å². The van der Waals surface area contributed by atoms with Gasteiger partial charge in [0, 0.05) is 12.5 Å². The van der Waals surface area contributed by atoms with E-state index in [-0.39, 0.29) is 12.2 Å². The molecule has 114 valence electrons. The highest BCUT2D eigenvalue weighted by atomic mass is 32.2. The molecule has 0 fully saturated rings. The van der Waals surface area contributed by atoms with Crippen LogP contribution in [0.25, 0.3) is 0 Å². The number of benzene rings is 2. The topological polar surface area (TPSA) is 46.6 Å². The molecule has 1 aliphatic rings. The SMILES string of the molecule is C=CCC1Oc2cc(F)ccc2N(c2ccccc2)S1(=O)=O. The van der Waals surface area contributed by atoms with Crippen molar-refractivity contribution >= 4 is 21.4 Å². The van der Waals surface area contributed by atoms with Crippen molar-refractivity contribution in [3.05, 3.63) is 67.0 Å². The predicted octanol–water partition coefficient (Wildman–Crippen LogP) is 3.59. The maximum absolute atomic E-state index is 13.5. The third kappa shape index (κ3) is 2.35. The molecule has 1 heterocycles. The van der Waals surface area contributed by atoms with Crippen LogP contribution in [-0.4, -0.2) is 13.9 Å². The zero-order valence-electron chi connectivity index (χ0n) is 11.6. The van der Waals surface area contributed by atoms with E-state index in [1.165, 1.54) is 28.6 Å². The lowest BCUT2D eigenvalue weighted by Crippen LogP contribution is -2.42. The second kappa shape index (κ2) is 5.46. The minimum Gasteiger partial charge on any atom is -0.470 e. The summed E-state index contributed by atoms with van der Waals surface area (Å²) in [6.07, 6.45) is 1.58. The van der Waals surface area contributed by atoms with Crippen LogP contribution in [0.5, 0.6) is 5.75 Å². The summed E-state index contributed by atoms with van der Waals surface area (Å²) < 4.78 is 45.8. The van der Waals surface area contributed by atoms with Gasteiger partial charge < -0.3 is 4.74 Å². The van der Waals surface area contributed by atoms with E-state index in [4.69, 9.17) is 4.74 Å². The molecule has 2 aromatic rings. The van der Waals surface area contributed by atoms with Gasteiger partial charge in [-0.25, -0.2) is 17.1 Å². The summed E-state index contributed by atoms with van der Waals surface area (Å²) in [4.78, 5) is 0. The molecule has 1 aliphatic heterocycles. The number of para-hydroxylation sites is 1. The second-order valence-corrected chi connectivity index (χ2v) is 6.75. The third-order valence-electron chi connectivity index (χ3n) is 3.34. The van der Waals surface area contributed by atoms with Gasteiger partial charge in [-0.05, 0) is 24.3 Å². The zero-order valence-corrected chi connectivity index (χ0v) is 12.5. The first-order valence-corrected chi connectivity index (χ1v) is 8.20. The summed E-state index contributed by atoms with van der Waals surface area (Å²) in [7, 11) is -3.79. The Morgan fingerprint density at radius 2 is 1.95 bits per heavy atom. The molecule has 1 atom stereocenters. The molecule has 1 unspecified atom stereocenters. The fourth-order valence-electron chi connectivity index (χ4n) is 2.36. The monoisotopic (exact) mass is 319 g/mol. The summed E-state index contributed by atoms with van der Waals surface area (Å²) in [5.41, 5.74) is -0.347. The van der Waals surface area contributed by atoms with Gasteiger partial charge in [0.2, 0.25) is 5.44 Å². The van der Waals surface area contributed by atoms with Gasteiger partial charge in [-0.2, -0.15) is 0 Å². The highest BCUT2D eigenvalue weighted by Crippen LogP contribution is 2.43. The van der Waals surface area contributed by atoms with Crippen molar-refractivity contribution < 1.29 is 17.5 Å². The molecular formula is C16H14FNO3S. The molecule has 0 aliphatic carbocycles. The number of fused-ring (bicyclic) bond motifs is 1. The predicted molar refractivity (Wildman–Crippen MR) is 83.1 cm³/mol. The summed E-state index contributed by atoms with van der Waals surface area (Å²) in [5.74, 6) is -0.283. The molecule has 0 radical (unpaired) electrons. The second-order valence-electron chi connectivity index (χ2n) is 4.83. The Morgan fingerprint density at radius 3 is 2.64 bits per heavy atom. The fraction of sp³-hybridized carbons (Fsp3) is 0.125. The van der Waals surface area contributed by atoms with Gasteiger partial charge in [0.25, 0.3) is 10.0 Å². The molecule has 0 spiro atoms. The van der Waals surface area contributed by atoms with Crippen molar-refractivity contribution in [1.29, 1.82) is 0 Å². The van der Waals surface area contributed by atoms with E-state index in [0.29, 0.717) is 11.4 Å². The van der Waals surface area contributed by atoms with Gasteiger partial charge in [0.05, 0.1) is 11.4 Å². The van der Waals surface area contributed by atoms with Crippen molar-refractivity contribution in [2.24, 2.45) is 0 Å². The maximum atomic E-state index is 13.5. The molecule has 0 saturated carbocycles. The van der Waals surface area contributed by atoms with Crippen LogP contribution in [-0.2, 0) is 10.0 Å². The standard InChI is InChI=1S/C16H14FNO3S/c1-2-6-16-21-15-11-12(17)9-10-14(15)18(22(16,19)20)13-7-4-3-5-8-13/h2-5,7-11,16H,1,6H2. The number of anilines is 2. The molecule has 0 saturated heterocycles. The number of ether oxygens (including phenoxy) is 1. The van der Waals surface area contributed by atoms with Crippen molar-refractivity contribution in [2.75, 3.05) is 4.31 Å². The van der Waals surface area contributed by atoms with Gasteiger partial charge in [-0.3, -0.25) is 0 Å². The lowest BCUT2D eigenvalue weighted by Gasteiger charge is -2.35. The summed E-state index contributed by atoms with van der Waals surface area (Å²) >= 11 is 0. The quantitative estimate of drug-likeness (QED) is 0.812. The first-order valence-electron chi connectivity index (χ1n) is 6.70. The minimum absolute atomic E-state index is 0.113. The Bertz CT molecular complexity index is 805. The van der Waals surface area contributed by atoms with Gasteiger partial charge in [-0.15, -0.1) is 6.58 Å². The number of hydrogen-bond donors (Lipinski definition) is 0. The molecule has 3 rings (SSSR count). The summed E-state index contributed by atoms with van der Waals surface area (Å²) in [6, 6.07) is 12.4. The Hall–Kier alpha value is -2.34. The molecule has 0 N–H and O–H groups in total. The highest BCUT2D eigenvalue weighted by Gasteiger charge is 2.40. The number of hydrogen-bond acceptors (Lipinski definition) is 3. The fourth-order valence-corrected chi connectivity index (χ4v) is 4.04. The Labute approximate surface area is 128 Å².